The van der Waals surface area contributed by atoms with E-state index in [-0.39, 0.29) is 0 Å². The van der Waals surface area contributed by atoms with E-state index in [0.29, 0.717) is 5.75 Å². The van der Waals surface area contributed by atoms with Gasteiger partial charge in [0.15, 0.2) is 0 Å². The maximum atomic E-state index is 9.90. The van der Waals surface area contributed by atoms with Gasteiger partial charge >= 0.3 is 0 Å². The number of hydrogen-bond acceptors (Lipinski definition) is 2. The Balaban J connectivity index is 2.61. The van der Waals surface area contributed by atoms with Gasteiger partial charge in [0.25, 0.3) is 0 Å². The van der Waals surface area contributed by atoms with Gasteiger partial charge in [0.2, 0.25) is 0 Å². The molecular weight excluding hydrogens is 334 g/mol. The van der Waals surface area contributed by atoms with E-state index in [0.717, 1.165) is 39.1 Å². The minimum absolute atomic E-state index is 0.302. The van der Waals surface area contributed by atoms with Crippen molar-refractivity contribution in [2.75, 3.05) is 5.33 Å². The van der Waals surface area contributed by atoms with Crippen LogP contribution in [0.3, 0.4) is 0 Å². The number of aromatic nitrogens is 1. The zero-order chi connectivity index (χ0) is 11.5. The zero-order valence-corrected chi connectivity index (χ0v) is 11.8. The molecule has 0 unspecified atom stereocenters. The van der Waals surface area contributed by atoms with Gasteiger partial charge in [0.05, 0.1) is 5.52 Å². The lowest BCUT2D eigenvalue weighted by Gasteiger charge is -2.08. The molecule has 0 spiro atoms. The van der Waals surface area contributed by atoms with Crippen molar-refractivity contribution in [3.63, 3.8) is 0 Å². The molecule has 0 atom stereocenters. The maximum absolute atomic E-state index is 9.90. The smallest absolute Gasteiger partial charge is 0.125 e. The van der Waals surface area contributed by atoms with E-state index in [2.05, 4.69) is 36.8 Å². The summed E-state index contributed by atoms with van der Waals surface area (Å²) in [6.45, 7) is 0. The highest BCUT2D eigenvalue weighted by molar-refractivity contribution is 9.10. The van der Waals surface area contributed by atoms with Gasteiger partial charge in [-0.15, -0.1) is 0 Å². The van der Waals surface area contributed by atoms with Gasteiger partial charge in [-0.05, 0) is 52.5 Å². The third-order valence-corrected chi connectivity index (χ3v) is 3.69. The van der Waals surface area contributed by atoms with Gasteiger partial charge in [-0.25, -0.2) is 0 Å². The SMILES string of the molecule is Oc1ccc(Br)c2nccc(CCCBr)c12. The van der Waals surface area contributed by atoms with Crippen LogP contribution in [0.5, 0.6) is 5.75 Å². The molecule has 0 radical (unpaired) electrons. The van der Waals surface area contributed by atoms with Crippen molar-refractivity contribution < 1.29 is 5.11 Å². The predicted molar refractivity (Wildman–Crippen MR) is 73.2 cm³/mol. The lowest BCUT2D eigenvalue weighted by atomic mass is 10.0. The highest BCUT2D eigenvalue weighted by atomic mass is 79.9. The molecule has 0 amide bonds. The number of aromatic hydroxyl groups is 1. The van der Waals surface area contributed by atoms with Crippen molar-refractivity contribution in [3.05, 3.63) is 34.4 Å². The summed E-state index contributed by atoms with van der Waals surface area (Å²) in [4.78, 5) is 4.29. The van der Waals surface area contributed by atoms with E-state index in [1.54, 1.807) is 12.3 Å². The van der Waals surface area contributed by atoms with Crippen LogP contribution in [-0.4, -0.2) is 15.4 Å². The molecule has 84 valence electrons. The molecule has 4 heteroatoms. The number of aryl methyl sites for hydroxylation is 1. The number of hydrogen-bond donors (Lipinski definition) is 1. The Kier molecular flexibility index (Phi) is 3.82. The molecule has 1 aromatic heterocycles. The van der Waals surface area contributed by atoms with E-state index in [9.17, 15) is 5.11 Å². The largest absolute Gasteiger partial charge is 0.507 e. The summed E-state index contributed by atoms with van der Waals surface area (Å²) in [5.41, 5.74) is 1.97. The molecule has 0 saturated carbocycles. The molecule has 0 aliphatic carbocycles. The summed E-state index contributed by atoms with van der Waals surface area (Å²) in [6.07, 6.45) is 3.77. The second kappa shape index (κ2) is 5.15. The number of phenolic OH excluding ortho intramolecular Hbond substituents is 1. The van der Waals surface area contributed by atoms with E-state index in [1.807, 2.05) is 12.1 Å². The molecule has 2 rings (SSSR count). The van der Waals surface area contributed by atoms with Gasteiger partial charge in [-0.2, -0.15) is 0 Å². The second-order valence-electron chi connectivity index (χ2n) is 3.55. The Hall–Kier alpha value is -0.610. The van der Waals surface area contributed by atoms with Crippen molar-refractivity contribution >= 4 is 42.8 Å². The number of nitrogens with zero attached hydrogens (tertiary/aromatic N) is 1. The number of pyridine rings is 1. The first kappa shape index (κ1) is 11.9. The van der Waals surface area contributed by atoms with Crippen molar-refractivity contribution in [2.45, 2.75) is 12.8 Å². The average Bonchev–Trinajstić information content (AvgIpc) is 2.31. The zero-order valence-electron chi connectivity index (χ0n) is 8.58. The highest BCUT2D eigenvalue weighted by Gasteiger charge is 2.09. The van der Waals surface area contributed by atoms with E-state index in [4.69, 9.17) is 0 Å². The molecule has 2 aromatic rings. The first-order valence-electron chi connectivity index (χ1n) is 5.05. The number of halogens is 2. The minimum Gasteiger partial charge on any atom is -0.507 e. The highest BCUT2D eigenvalue weighted by Crippen LogP contribution is 2.32. The van der Waals surface area contributed by atoms with Crippen molar-refractivity contribution in [1.82, 2.24) is 4.98 Å². The summed E-state index contributed by atoms with van der Waals surface area (Å²) >= 11 is 6.87. The van der Waals surface area contributed by atoms with Crippen LogP contribution in [0.15, 0.2) is 28.9 Å². The van der Waals surface area contributed by atoms with E-state index < -0.39 is 0 Å². The van der Waals surface area contributed by atoms with Crippen molar-refractivity contribution in [2.24, 2.45) is 0 Å². The second-order valence-corrected chi connectivity index (χ2v) is 5.20. The van der Waals surface area contributed by atoms with Crippen LogP contribution in [0.4, 0.5) is 0 Å². The molecule has 1 N–H and O–H groups in total. The molecule has 0 aliphatic heterocycles. The molecule has 16 heavy (non-hydrogen) atoms. The number of fused-ring (bicyclic) bond motifs is 1. The first-order chi connectivity index (χ1) is 7.74. The van der Waals surface area contributed by atoms with Crippen LogP contribution in [0.1, 0.15) is 12.0 Å². The van der Waals surface area contributed by atoms with Gasteiger partial charge in [0.1, 0.15) is 5.75 Å². The van der Waals surface area contributed by atoms with Crippen LogP contribution < -0.4 is 0 Å². The lowest BCUT2D eigenvalue weighted by Crippen LogP contribution is -1.91. The predicted octanol–water partition coefficient (Wildman–Crippen LogP) is 4.03. The number of alkyl halides is 1. The van der Waals surface area contributed by atoms with E-state index >= 15 is 0 Å². The third kappa shape index (κ3) is 2.23. The Bertz CT molecular complexity index is 514. The molecule has 0 bridgehead atoms. The summed E-state index contributed by atoms with van der Waals surface area (Å²) in [5, 5.41) is 11.7. The van der Waals surface area contributed by atoms with Crippen LogP contribution in [0.2, 0.25) is 0 Å². The topological polar surface area (TPSA) is 33.1 Å². The maximum Gasteiger partial charge on any atom is 0.125 e. The fourth-order valence-electron chi connectivity index (χ4n) is 1.75. The van der Waals surface area contributed by atoms with Gasteiger partial charge in [0, 0.05) is 21.4 Å². The molecule has 2 nitrogen and oxygen atoms in total. The fraction of sp³-hybridized carbons (Fsp3) is 0.250. The summed E-state index contributed by atoms with van der Waals surface area (Å²) in [6, 6.07) is 5.49. The molecule has 0 fully saturated rings. The normalized spacial score (nSPS) is 10.9. The average molecular weight is 345 g/mol. The minimum atomic E-state index is 0.302. The number of phenols is 1. The van der Waals surface area contributed by atoms with Crippen LogP contribution >= 0.6 is 31.9 Å². The van der Waals surface area contributed by atoms with E-state index in [1.165, 1.54) is 0 Å². The van der Waals surface area contributed by atoms with Crippen molar-refractivity contribution in [3.8, 4) is 5.75 Å². The standard InChI is InChI=1S/C12H11Br2NO/c13-6-1-2-8-5-7-15-12-9(14)3-4-10(16)11(8)12/h3-5,7,16H,1-2,6H2. The Morgan fingerprint density at radius 1 is 1.25 bits per heavy atom. The molecular formula is C12H11Br2NO. The van der Waals surface area contributed by atoms with Gasteiger partial charge in [-0.1, -0.05) is 15.9 Å². The molecule has 1 heterocycles. The summed E-state index contributed by atoms with van der Waals surface area (Å²) in [7, 11) is 0. The van der Waals surface area contributed by atoms with Gasteiger partial charge in [-0.3, -0.25) is 4.98 Å². The Morgan fingerprint density at radius 3 is 2.81 bits per heavy atom. The quantitative estimate of drug-likeness (QED) is 0.853. The van der Waals surface area contributed by atoms with Crippen LogP contribution in [-0.2, 0) is 6.42 Å². The lowest BCUT2D eigenvalue weighted by molar-refractivity contribution is 0.481. The summed E-state index contributed by atoms with van der Waals surface area (Å²) < 4.78 is 0.918. The Labute approximate surface area is 111 Å². The summed E-state index contributed by atoms with van der Waals surface area (Å²) in [5.74, 6) is 0.302. The van der Waals surface area contributed by atoms with Crippen LogP contribution in [0, 0.1) is 0 Å². The van der Waals surface area contributed by atoms with Crippen molar-refractivity contribution in [1.29, 1.82) is 0 Å². The first-order valence-corrected chi connectivity index (χ1v) is 6.96. The molecule has 1 aromatic carbocycles. The third-order valence-electron chi connectivity index (χ3n) is 2.49. The number of rotatable bonds is 3. The van der Waals surface area contributed by atoms with Crippen LogP contribution in [0.25, 0.3) is 10.9 Å². The fourth-order valence-corrected chi connectivity index (χ4v) is 2.46. The monoisotopic (exact) mass is 343 g/mol. The molecule has 0 saturated heterocycles. The number of benzene rings is 1. The Morgan fingerprint density at radius 2 is 2.06 bits per heavy atom. The van der Waals surface area contributed by atoms with Gasteiger partial charge < -0.3 is 5.11 Å². The molecule has 0 aliphatic rings.